The molecule has 0 bridgehead atoms. The summed E-state index contributed by atoms with van der Waals surface area (Å²) >= 11 is 0. The zero-order valence-corrected chi connectivity index (χ0v) is 15.5. The van der Waals surface area contributed by atoms with E-state index in [1.807, 2.05) is 0 Å². The molecule has 1 aliphatic rings. The molecule has 0 aliphatic heterocycles. The first-order valence-corrected chi connectivity index (χ1v) is 5.54. The molecular formula is C15H30N2Ti. The average Bonchev–Trinajstić information content (AvgIpc) is 2.32. The van der Waals surface area contributed by atoms with Crippen molar-refractivity contribution in [3.05, 3.63) is 40.9 Å². The van der Waals surface area contributed by atoms with Crippen molar-refractivity contribution >= 4 is 0 Å². The van der Waals surface area contributed by atoms with Gasteiger partial charge in [-0.3, -0.25) is 6.08 Å². The molecule has 18 heavy (non-hydrogen) atoms. The molecule has 1 rings (SSSR count). The number of rotatable bonds is 0. The molecule has 3 heteroatoms. The van der Waals surface area contributed by atoms with Gasteiger partial charge in [-0.1, -0.05) is 33.1 Å². The Balaban J connectivity index is -0.000000106. The molecule has 0 unspecified atom stereocenters. The van der Waals surface area contributed by atoms with E-state index in [1.54, 1.807) is 28.2 Å². The van der Waals surface area contributed by atoms with Gasteiger partial charge in [0.15, 0.2) is 0 Å². The molecule has 0 aromatic rings. The third-order valence-corrected chi connectivity index (χ3v) is 2.56. The molecule has 0 aromatic heterocycles. The molecule has 2 nitrogen and oxygen atoms in total. The fourth-order valence-electron chi connectivity index (χ4n) is 1.41. The molecule has 0 amide bonds. The predicted molar refractivity (Wildman–Crippen MR) is 81.4 cm³/mol. The first kappa shape index (κ1) is 26.6. The van der Waals surface area contributed by atoms with E-state index in [0.29, 0.717) is 0 Å². The van der Waals surface area contributed by atoms with Gasteiger partial charge in [0.25, 0.3) is 0 Å². The third-order valence-electron chi connectivity index (χ3n) is 2.56. The molecule has 0 heterocycles. The van der Waals surface area contributed by atoms with Gasteiger partial charge in [0.05, 0.1) is 0 Å². The van der Waals surface area contributed by atoms with E-state index in [9.17, 15) is 0 Å². The quantitative estimate of drug-likeness (QED) is 0.452. The first-order chi connectivity index (χ1) is 7.28. The van der Waals surface area contributed by atoms with Gasteiger partial charge in [0.1, 0.15) is 0 Å². The monoisotopic (exact) mass is 286 g/mol. The van der Waals surface area contributed by atoms with Crippen molar-refractivity contribution in [2.24, 2.45) is 5.41 Å². The summed E-state index contributed by atoms with van der Waals surface area (Å²) in [5.74, 6) is 0. The second kappa shape index (κ2) is 13.5. The second-order valence-corrected chi connectivity index (χ2v) is 4.52. The van der Waals surface area contributed by atoms with Crippen LogP contribution in [-0.2, 0) is 21.7 Å². The summed E-state index contributed by atoms with van der Waals surface area (Å²) in [5.41, 5.74) is 4.39. The largest absolute Gasteiger partial charge is 4.00 e. The van der Waals surface area contributed by atoms with Crippen molar-refractivity contribution in [3.8, 4) is 0 Å². The van der Waals surface area contributed by atoms with Crippen molar-refractivity contribution in [2.45, 2.75) is 34.6 Å². The van der Waals surface area contributed by atoms with Crippen molar-refractivity contribution in [1.29, 1.82) is 0 Å². The van der Waals surface area contributed by atoms with Gasteiger partial charge >= 0.3 is 21.7 Å². The van der Waals surface area contributed by atoms with Crippen molar-refractivity contribution in [3.63, 3.8) is 0 Å². The zero-order chi connectivity index (χ0) is 13.4. The van der Waals surface area contributed by atoms with Crippen LogP contribution in [0.4, 0.5) is 0 Å². The fraction of sp³-hybridized carbons (Fsp3) is 0.667. The Kier molecular flexibility index (Phi) is 20.0. The van der Waals surface area contributed by atoms with Crippen LogP contribution in [0.3, 0.4) is 0 Å². The van der Waals surface area contributed by atoms with Crippen LogP contribution in [0.15, 0.2) is 16.7 Å². The van der Waals surface area contributed by atoms with Gasteiger partial charge in [-0.05, 0) is 0 Å². The van der Waals surface area contributed by atoms with E-state index in [1.165, 1.54) is 16.7 Å². The summed E-state index contributed by atoms with van der Waals surface area (Å²) in [4.78, 5) is 0. The van der Waals surface area contributed by atoms with Crippen molar-refractivity contribution in [1.82, 2.24) is 0 Å². The summed E-state index contributed by atoms with van der Waals surface area (Å²) in [5, 5.41) is 7.00. The normalized spacial score (nSPS) is 15.1. The Labute approximate surface area is 131 Å². The molecule has 0 saturated heterocycles. The Morgan fingerprint density at radius 3 is 1.22 bits per heavy atom. The summed E-state index contributed by atoms with van der Waals surface area (Å²) in [6, 6.07) is 0. The van der Waals surface area contributed by atoms with E-state index in [4.69, 9.17) is 0 Å². The topological polar surface area (TPSA) is 28.2 Å². The Morgan fingerprint density at radius 1 is 0.889 bits per heavy atom. The standard InChI is InChI=1S/C10H15.2C2H6N.CH3.Ti/c1-7-6-10(4,5)9(3)8(7)2;2*1-3-2;;/h1-5H3;2*1-2H3;1H3;/q4*-1;+4. The van der Waals surface area contributed by atoms with Gasteiger partial charge in [0.2, 0.25) is 0 Å². The molecule has 0 saturated carbocycles. The Morgan fingerprint density at radius 2 is 1.17 bits per heavy atom. The van der Waals surface area contributed by atoms with Crippen LogP contribution >= 0.6 is 0 Å². The summed E-state index contributed by atoms with van der Waals surface area (Å²) < 4.78 is 0. The van der Waals surface area contributed by atoms with E-state index >= 15 is 0 Å². The van der Waals surface area contributed by atoms with Crippen LogP contribution in [0, 0.1) is 18.9 Å². The van der Waals surface area contributed by atoms with E-state index in [0.717, 1.165) is 0 Å². The molecule has 0 radical (unpaired) electrons. The van der Waals surface area contributed by atoms with E-state index in [-0.39, 0.29) is 34.6 Å². The Hall–Kier alpha value is 0.114. The molecule has 0 N–H and O–H groups in total. The minimum Gasteiger partial charge on any atom is -0.668 e. The second-order valence-electron chi connectivity index (χ2n) is 4.52. The van der Waals surface area contributed by atoms with Gasteiger partial charge < -0.3 is 18.1 Å². The summed E-state index contributed by atoms with van der Waals surface area (Å²) in [7, 11) is 7.00. The van der Waals surface area contributed by atoms with Crippen LogP contribution in [0.25, 0.3) is 10.6 Å². The molecule has 104 valence electrons. The molecule has 0 atom stereocenters. The zero-order valence-electron chi connectivity index (χ0n) is 13.9. The summed E-state index contributed by atoms with van der Waals surface area (Å²) in [6.45, 7) is 10.9. The van der Waals surface area contributed by atoms with Crippen LogP contribution in [-0.4, -0.2) is 28.2 Å². The molecular weight excluding hydrogens is 256 g/mol. The maximum Gasteiger partial charge on any atom is 4.00 e. The number of allylic oxidation sites excluding steroid dienone is 4. The molecule has 1 aliphatic carbocycles. The van der Waals surface area contributed by atoms with Gasteiger partial charge in [0, 0.05) is 0 Å². The van der Waals surface area contributed by atoms with Crippen LogP contribution in [0.2, 0.25) is 0 Å². The van der Waals surface area contributed by atoms with Gasteiger partial charge in [-0.2, -0.15) is 39.3 Å². The third kappa shape index (κ3) is 10.1. The maximum absolute atomic E-state index is 3.50. The number of hydrogen-bond donors (Lipinski definition) is 0. The SMILES string of the molecule is CC1=[C-]C(C)(C)C(C)=C1C.C[N-]C.C[N-]C.[CH3-].[Ti+4]. The smallest absolute Gasteiger partial charge is 0.668 e. The van der Waals surface area contributed by atoms with Crippen LogP contribution in [0.1, 0.15) is 34.6 Å². The van der Waals surface area contributed by atoms with Crippen LogP contribution < -0.4 is 0 Å². The van der Waals surface area contributed by atoms with Crippen LogP contribution in [0.5, 0.6) is 0 Å². The van der Waals surface area contributed by atoms with Gasteiger partial charge in [-0.15, -0.1) is 6.92 Å². The molecule has 0 aromatic carbocycles. The average molecular weight is 286 g/mol. The van der Waals surface area contributed by atoms with Gasteiger partial charge in [-0.25, -0.2) is 5.57 Å². The van der Waals surface area contributed by atoms with Crippen molar-refractivity contribution in [2.75, 3.05) is 28.2 Å². The number of nitrogens with zero attached hydrogens (tertiary/aromatic N) is 2. The molecule has 0 spiro atoms. The first-order valence-electron chi connectivity index (χ1n) is 5.54. The summed E-state index contributed by atoms with van der Waals surface area (Å²) in [6.07, 6.45) is 3.44. The van der Waals surface area contributed by atoms with E-state index < -0.39 is 0 Å². The van der Waals surface area contributed by atoms with E-state index in [2.05, 4.69) is 51.3 Å². The number of hydrogen-bond acceptors (Lipinski definition) is 0. The predicted octanol–water partition coefficient (Wildman–Crippen LogP) is 4.80. The molecule has 0 fully saturated rings. The van der Waals surface area contributed by atoms with Crippen molar-refractivity contribution < 1.29 is 21.7 Å². The maximum atomic E-state index is 3.50. The Bertz CT molecular complexity index is 251. The minimum atomic E-state index is 0. The fourth-order valence-corrected chi connectivity index (χ4v) is 1.41. The minimum absolute atomic E-state index is 0.